The molecule has 3 rings (SSSR count). The van der Waals surface area contributed by atoms with Gasteiger partial charge in [0.25, 0.3) is 0 Å². The third-order valence-corrected chi connectivity index (χ3v) is 4.98. The molecule has 0 unspecified atom stereocenters. The second-order valence-corrected chi connectivity index (χ2v) is 6.71. The van der Waals surface area contributed by atoms with E-state index in [1.165, 1.54) is 38.1 Å². The average molecular weight is 346 g/mol. The van der Waals surface area contributed by atoms with Gasteiger partial charge in [0.2, 0.25) is 0 Å². The number of likely N-dealkylation sites (tertiary alicyclic amines) is 1. The normalized spacial score (nSPS) is 15.4. The highest BCUT2D eigenvalue weighted by Gasteiger charge is 2.19. The number of benzene rings is 1. The molecule has 6 nitrogen and oxygen atoms in total. The minimum absolute atomic E-state index is 0.227. The molecule has 0 spiro atoms. The first-order chi connectivity index (χ1) is 11.8. The van der Waals surface area contributed by atoms with Gasteiger partial charge in [-0.2, -0.15) is 0 Å². The number of aromatic nitrogens is 3. The topological polar surface area (TPSA) is 60.2 Å². The van der Waals surface area contributed by atoms with Crippen molar-refractivity contribution in [2.75, 3.05) is 26.0 Å². The van der Waals surface area contributed by atoms with Gasteiger partial charge >= 0.3 is 5.97 Å². The fraction of sp³-hybridized carbons (Fsp3) is 0.471. The van der Waals surface area contributed by atoms with E-state index >= 15 is 0 Å². The molecule has 0 atom stereocenters. The first kappa shape index (κ1) is 17.0. The highest BCUT2D eigenvalue weighted by atomic mass is 32.2. The summed E-state index contributed by atoms with van der Waals surface area (Å²) in [6.07, 6.45) is 3.79. The molecule has 2 heterocycles. The number of nitrogens with zero attached hydrogens (tertiary/aromatic N) is 4. The Morgan fingerprint density at radius 1 is 1.17 bits per heavy atom. The van der Waals surface area contributed by atoms with E-state index in [9.17, 15) is 4.79 Å². The van der Waals surface area contributed by atoms with Crippen molar-refractivity contribution in [3.63, 3.8) is 0 Å². The molecular formula is C17H22N4O2S. The summed E-state index contributed by atoms with van der Waals surface area (Å²) in [6, 6.07) is 10.0. The maximum Gasteiger partial charge on any atom is 0.316 e. The third kappa shape index (κ3) is 4.15. The molecule has 0 amide bonds. The van der Waals surface area contributed by atoms with Gasteiger partial charge in [-0.15, -0.1) is 10.2 Å². The highest BCUT2D eigenvalue weighted by Crippen LogP contribution is 2.23. The van der Waals surface area contributed by atoms with Gasteiger partial charge in [0.15, 0.2) is 11.0 Å². The molecular weight excluding hydrogens is 324 g/mol. The molecule has 1 saturated heterocycles. The summed E-state index contributed by atoms with van der Waals surface area (Å²) >= 11 is 1.35. The quantitative estimate of drug-likeness (QED) is 0.592. The Bertz CT molecular complexity index is 668. The van der Waals surface area contributed by atoms with Crippen LogP contribution in [-0.4, -0.2) is 51.6 Å². The summed E-state index contributed by atoms with van der Waals surface area (Å²) in [5, 5.41) is 9.42. The number of ether oxygens (including phenoxy) is 1. The van der Waals surface area contributed by atoms with Gasteiger partial charge in [-0.05, 0) is 38.1 Å². The maximum absolute atomic E-state index is 11.4. The number of methoxy groups -OCH3 is 1. The van der Waals surface area contributed by atoms with Crippen molar-refractivity contribution in [3.8, 4) is 5.69 Å². The molecule has 7 heteroatoms. The van der Waals surface area contributed by atoms with E-state index in [4.69, 9.17) is 4.74 Å². The Morgan fingerprint density at radius 3 is 2.62 bits per heavy atom. The van der Waals surface area contributed by atoms with Crippen molar-refractivity contribution in [1.29, 1.82) is 0 Å². The highest BCUT2D eigenvalue weighted by molar-refractivity contribution is 7.99. The third-order valence-electron chi connectivity index (χ3n) is 4.08. The van der Waals surface area contributed by atoms with E-state index in [0.29, 0.717) is 0 Å². The smallest absolute Gasteiger partial charge is 0.316 e. The van der Waals surface area contributed by atoms with Crippen LogP contribution in [0.15, 0.2) is 35.5 Å². The van der Waals surface area contributed by atoms with Crippen LogP contribution in [0.4, 0.5) is 0 Å². The van der Waals surface area contributed by atoms with Crippen molar-refractivity contribution in [3.05, 3.63) is 36.2 Å². The molecule has 1 aromatic heterocycles. The number of para-hydroxylation sites is 1. The van der Waals surface area contributed by atoms with Crippen LogP contribution < -0.4 is 0 Å². The van der Waals surface area contributed by atoms with Crippen LogP contribution in [0.3, 0.4) is 0 Å². The number of hydrogen-bond acceptors (Lipinski definition) is 6. The molecule has 2 aromatic rings. The second kappa shape index (κ2) is 8.30. The SMILES string of the molecule is COC(=O)CSc1nnc(CN2CCCCC2)n1-c1ccccc1. The lowest BCUT2D eigenvalue weighted by Crippen LogP contribution is -2.30. The Hall–Kier alpha value is -1.86. The first-order valence-corrected chi connectivity index (χ1v) is 9.18. The first-order valence-electron chi connectivity index (χ1n) is 8.19. The summed E-state index contributed by atoms with van der Waals surface area (Å²) in [4.78, 5) is 13.9. The van der Waals surface area contributed by atoms with Gasteiger partial charge in [-0.25, -0.2) is 0 Å². The summed E-state index contributed by atoms with van der Waals surface area (Å²) in [6.45, 7) is 2.99. The van der Waals surface area contributed by atoms with Crippen LogP contribution in [0.25, 0.3) is 5.69 Å². The number of hydrogen-bond donors (Lipinski definition) is 0. The Labute approximate surface area is 146 Å². The predicted molar refractivity (Wildman–Crippen MR) is 93.2 cm³/mol. The van der Waals surface area contributed by atoms with E-state index in [-0.39, 0.29) is 11.7 Å². The van der Waals surface area contributed by atoms with Gasteiger partial charge in [-0.3, -0.25) is 14.3 Å². The fourth-order valence-corrected chi connectivity index (χ4v) is 3.64. The number of thioether (sulfide) groups is 1. The molecule has 1 aromatic carbocycles. The number of carbonyl (C=O) groups excluding carboxylic acids is 1. The van der Waals surface area contributed by atoms with E-state index < -0.39 is 0 Å². The zero-order valence-corrected chi connectivity index (χ0v) is 14.7. The Kier molecular flexibility index (Phi) is 5.87. The minimum Gasteiger partial charge on any atom is -0.468 e. The van der Waals surface area contributed by atoms with Crippen molar-refractivity contribution >= 4 is 17.7 Å². The minimum atomic E-state index is -0.264. The summed E-state index contributed by atoms with van der Waals surface area (Å²) in [5.41, 5.74) is 1.02. The van der Waals surface area contributed by atoms with Crippen LogP contribution in [-0.2, 0) is 16.1 Å². The molecule has 1 aliphatic rings. The summed E-state index contributed by atoms with van der Waals surface area (Å²) in [5.74, 6) is 0.876. The van der Waals surface area contributed by atoms with Crippen LogP contribution in [0.2, 0.25) is 0 Å². The van der Waals surface area contributed by atoms with Gasteiger partial charge in [0.05, 0.1) is 19.4 Å². The van der Waals surface area contributed by atoms with E-state index in [2.05, 4.69) is 15.1 Å². The molecule has 0 aliphatic carbocycles. The molecule has 24 heavy (non-hydrogen) atoms. The fourth-order valence-electron chi connectivity index (χ4n) is 2.83. The van der Waals surface area contributed by atoms with Gasteiger partial charge in [0.1, 0.15) is 0 Å². The maximum atomic E-state index is 11.4. The van der Waals surface area contributed by atoms with E-state index in [1.54, 1.807) is 0 Å². The molecule has 0 N–H and O–H groups in total. The van der Waals surface area contributed by atoms with Crippen LogP contribution in [0.1, 0.15) is 25.1 Å². The van der Waals surface area contributed by atoms with Crippen LogP contribution in [0, 0.1) is 0 Å². The largest absolute Gasteiger partial charge is 0.468 e. The number of piperidine rings is 1. The van der Waals surface area contributed by atoms with E-state index in [1.807, 2.05) is 34.9 Å². The summed E-state index contributed by atoms with van der Waals surface area (Å²) in [7, 11) is 1.40. The average Bonchev–Trinajstić information content (AvgIpc) is 3.03. The van der Waals surface area contributed by atoms with Crippen molar-refractivity contribution in [2.24, 2.45) is 0 Å². The van der Waals surface area contributed by atoms with Gasteiger partial charge in [0, 0.05) is 5.69 Å². The zero-order valence-electron chi connectivity index (χ0n) is 13.9. The second-order valence-electron chi connectivity index (χ2n) is 5.77. The molecule has 128 valence electrons. The van der Waals surface area contributed by atoms with Crippen molar-refractivity contribution < 1.29 is 9.53 Å². The molecule has 0 saturated carbocycles. The molecule has 0 bridgehead atoms. The number of carbonyl (C=O) groups is 1. The van der Waals surface area contributed by atoms with Crippen molar-refractivity contribution in [2.45, 2.75) is 31.0 Å². The van der Waals surface area contributed by atoms with Gasteiger partial charge in [-0.1, -0.05) is 36.4 Å². The lowest BCUT2D eigenvalue weighted by molar-refractivity contribution is -0.137. The molecule has 1 aliphatic heterocycles. The Morgan fingerprint density at radius 2 is 1.92 bits per heavy atom. The zero-order chi connectivity index (χ0) is 16.8. The standard InChI is InChI=1S/C17H22N4O2S/c1-23-16(22)13-24-17-19-18-15(12-20-10-6-3-7-11-20)21(17)14-8-4-2-5-9-14/h2,4-5,8-9H,3,6-7,10-13H2,1H3. The lowest BCUT2D eigenvalue weighted by atomic mass is 10.1. The lowest BCUT2D eigenvalue weighted by Gasteiger charge is -2.26. The Balaban J connectivity index is 1.84. The number of rotatable bonds is 6. The van der Waals surface area contributed by atoms with Crippen LogP contribution in [0.5, 0.6) is 0 Å². The monoisotopic (exact) mass is 346 g/mol. The molecule has 0 radical (unpaired) electrons. The van der Waals surface area contributed by atoms with Crippen LogP contribution >= 0.6 is 11.8 Å². The molecule has 1 fully saturated rings. The van der Waals surface area contributed by atoms with E-state index in [0.717, 1.165) is 36.3 Å². The van der Waals surface area contributed by atoms with Crippen molar-refractivity contribution in [1.82, 2.24) is 19.7 Å². The summed E-state index contributed by atoms with van der Waals surface area (Å²) < 4.78 is 6.76. The van der Waals surface area contributed by atoms with Gasteiger partial charge < -0.3 is 4.74 Å². The predicted octanol–water partition coefficient (Wildman–Crippen LogP) is 2.52. The number of esters is 1.